The van der Waals surface area contributed by atoms with Crippen LogP contribution in [0.2, 0.25) is 0 Å². The molecular weight excluding hydrogens is 1200 g/mol. The summed E-state index contributed by atoms with van der Waals surface area (Å²) >= 11 is 0. The van der Waals surface area contributed by atoms with E-state index in [0.717, 1.165) is 32.9 Å². The van der Waals surface area contributed by atoms with E-state index in [4.69, 9.17) is 5.48 Å². The Morgan fingerprint density at radius 1 is 0.263 bits per heavy atom. The topological polar surface area (TPSA) is 50.0 Å². The van der Waals surface area contributed by atoms with Gasteiger partial charge in [0.25, 0.3) is 6.71 Å². The van der Waals surface area contributed by atoms with Crippen LogP contribution in [-0.2, 0) is 0 Å². The second-order valence-electron chi connectivity index (χ2n) is 24.5. The maximum atomic E-state index is 11.6. The van der Waals surface area contributed by atoms with Crippen LogP contribution in [0.4, 0.5) is 34.1 Å². The molecule has 0 saturated carbocycles. The maximum absolute atomic E-state index is 11.6. The van der Waals surface area contributed by atoms with Gasteiger partial charge in [0.1, 0.15) is 6.07 Å². The van der Waals surface area contributed by atoms with E-state index in [1.807, 2.05) is 154 Å². The minimum absolute atomic E-state index is 0.0225. The van der Waals surface area contributed by atoms with Gasteiger partial charge >= 0.3 is 0 Å². The molecule has 0 unspecified atom stereocenters. The molecule has 21 rings (SSSR count). The summed E-state index contributed by atoms with van der Waals surface area (Å²) in [5.74, 6) is 0. The second-order valence-corrected chi connectivity index (χ2v) is 24.5. The van der Waals surface area contributed by atoms with Gasteiger partial charge in [-0.15, -0.1) is 0 Å². The summed E-state index contributed by atoms with van der Waals surface area (Å²) in [6.45, 7) is -1.07. The van der Waals surface area contributed by atoms with E-state index >= 15 is 0 Å². The first-order valence-corrected chi connectivity index (χ1v) is 31.9. The molecule has 458 valence electrons. The summed E-state index contributed by atoms with van der Waals surface area (Å²) in [5, 5.41) is 12.0. The first kappa shape index (κ1) is 36.5. The molecule has 15 aromatic carbocycles. The number of fused-ring (bicyclic) bond motifs is 16. The van der Waals surface area contributed by atoms with Crippen LogP contribution in [0.3, 0.4) is 0 Å². The standard InChI is InChI=1S/C91H56BN7/c93-57-60-43-44-63(52-86(60)99-84-41-21-13-33-74(84)75-34-14-22-42-85(75)99)96-87-53-64(94-78-35-15-7-27-68(78)69-28-8-16-36-79(69)94)45-47-76(87)92-77-48-46-65(95-80-37-17-9-29-70(80)71-30-10-18-38-81(71)95)54-88(77)98(66-50-61(58-23-3-1-4-24-58)49-62(51-66)59-25-5-2-6-26-59)90-56-67(55-89(96)91(90)92)97-82-39-19-11-31-72(82)73-32-12-20-40-83(73)97/h1-56H/i7D,8D,9D,10D,11D,12D,15D,16D,17D,18D,19D,20D,27D,28D,29D,30D,31D,32D,35D,36D,37D,38D,39D,40D. The van der Waals surface area contributed by atoms with Gasteiger partial charge in [0.15, 0.2) is 0 Å². The van der Waals surface area contributed by atoms with Crippen molar-refractivity contribution in [2.75, 3.05) is 9.80 Å². The fourth-order valence-corrected chi connectivity index (χ4v) is 15.4. The Balaban J connectivity index is 0.987. The maximum Gasteiger partial charge on any atom is 0.252 e. The van der Waals surface area contributed by atoms with E-state index < -0.39 is 152 Å². The van der Waals surface area contributed by atoms with Crippen LogP contribution < -0.4 is 26.2 Å². The van der Waals surface area contributed by atoms with Crippen LogP contribution in [0, 0.1) is 11.3 Å². The molecule has 0 fully saturated rings. The van der Waals surface area contributed by atoms with Gasteiger partial charge in [-0.3, -0.25) is 0 Å². The van der Waals surface area contributed by atoms with Gasteiger partial charge in [0.05, 0.1) is 94.0 Å². The number of rotatable bonds is 8. The predicted molar refractivity (Wildman–Crippen MR) is 413 cm³/mol. The van der Waals surface area contributed by atoms with E-state index in [-0.39, 0.29) is 105 Å². The molecule has 0 amide bonds. The molecule has 2 aliphatic heterocycles. The molecule has 2 aliphatic rings. The molecule has 7 nitrogen and oxygen atoms in total. The Morgan fingerprint density at radius 3 is 1.04 bits per heavy atom. The minimum Gasteiger partial charge on any atom is -0.311 e. The fourth-order valence-electron chi connectivity index (χ4n) is 15.4. The van der Waals surface area contributed by atoms with Crippen LogP contribution in [0.15, 0.2) is 339 Å². The van der Waals surface area contributed by atoms with Crippen molar-refractivity contribution < 1.29 is 32.9 Å². The minimum atomic E-state index is -1.07. The van der Waals surface area contributed by atoms with Crippen molar-refractivity contribution in [3.8, 4) is 51.1 Å². The lowest BCUT2D eigenvalue weighted by molar-refractivity contribution is 1.14. The van der Waals surface area contributed by atoms with Crippen molar-refractivity contribution in [3.63, 3.8) is 0 Å². The van der Waals surface area contributed by atoms with Crippen LogP contribution >= 0.6 is 0 Å². The average Bonchev–Trinajstić information content (AvgIpc) is 1.68. The van der Waals surface area contributed by atoms with Gasteiger partial charge in [-0.2, -0.15) is 5.26 Å². The molecule has 0 saturated heterocycles. The summed E-state index contributed by atoms with van der Waals surface area (Å²) < 4.78 is 234. The van der Waals surface area contributed by atoms with Crippen molar-refractivity contribution in [2.24, 2.45) is 0 Å². The first-order chi connectivity index (χ1) is 59.1. The van der Waals surface area contributed by atoms with Crippen LogP contribution in [-0.4, -0.2) is 25.0 Å². The number of para-hydroxylation sites is 8. The van der Waals surface area contributed by atoms with Crippen LogP contribution in [0.1, 0.15) is 38.5 Å². The van der Waals surface area contributed by atoms with Crippen LogP contribution in [0.5, 0.6) is 0 Å². The largest absolute Gasteiger partial charge is 0.311 e. The Hall–Kier alpha value is -13.3. The van der Waals surface area contributed by atoms with Gasteiger partial charge in [-0.05, 0) is 160 Å². The Bertz CT molecular complexity index is 7840. The van der Waals surface area contributed by atoms with Crippen molar-refractivity contribution >= 4 is 144 Å². The highest BCUT2D eigenvalue weighted by Crippen LogP contribution is 2.50. The molecule has 19 aromatic rings. The third-order valence-corrected chi connectivity index (χ3v) is 19.5. The van der Waals surface area contributed by atoms with Crippen molar-refractivity contribution in [1.29, 1.82) is 5.26 Å². The number of benzene rings is 15. The smallest absolute Gasteiger partial charge is 0.252 e. The van der Waals surface area contributed by atoms with Gasteiger partial charge in [0, 0.05) is 88.6 Å². The highest BCUT2D eigenvalue weighted by molar-refractivity contribution is 7.00. The van der Waals surface area contributed by atoms with E-state index in [1.165, 1.54) is 13.7 Å². The van der Waals surface area contributed by atoms with E-state index in [1.54, 1.807) is 54.6 Å². The second kappa shape index (κ2) is 21.3. The summed E-state index contributed by atoms with van der Waals surface area (Å²) in [5.41, 5.74) is 7.20. The molecule has 99 heavy (non-hydrogen) atoms. The highest BCUT2D eigenvalue weighted by Gasteiger charge is 2.45. The monoisotopic (exact) mass is 1280 g/mol. The van der Waals surface area contributed by atoms with Crippen molar-refractivity contribution in [3.05, 3.63) is 345 Å². The normalized spacial score (nSPS) is 16.0. The summed E-state index contributed by atoms with van der Waals surface area (Å²) in [7, 11) is 0. The molecule has 0 atom stereocenters. The summed E-state index contributed by atoms with van der Waals surface area (Å²) in [6.07, 6.45) is 0. The zero-order valence-electron chi connectivity index (χ0n) is 75.7. The molecule has 0 radical (unpaired) electrons. The van der Waals surface area contributed by atoms with E-state index in [0.29, 0.717) is 50.3 Å². The molecular formula is C91H56BN7. The number of hydrogen-bond acceptors (Lipinski definition) is 3. The fraction of sp³-hybridized carbons (Fsp3) is 0. The Labute approximate surface area is 604 Å². The molecule has 0 bridgehead atoms. The Kier molecular flexibility index (Phi) is 7.87. The van der Waals surface area contributed by atoms with Gasteiger partial charge < -0.3 is 28.1 Å². The molecule has 0 N–H and O–H groups in total. The quantitative estimate of drug-likeness (QED) is 0.142. The summed E-state index contributed by atoms with van der Waals surface area (Å²) in [6, 6.07) is 46.8. The first-order valence-electron chi connectivity index (χ1n) is 43.9. The van der Waals surface area contributed by atoms with Crippen LogP contribution in [0.25, 0.3) is 132 Å². The van der Waals surface area contributed by atoms with E-state index in [2.05, 4.69) is 6.07 Å². The number of nitrogens with zero attached hydrogens (tertiary/aromatic N) is 7. The van der Waals surface area contributed by atoms with Gasteiger partial charge in [-0.1, -0.05) is 218 Å². The SMILES string of the molecule is [2H]c1c([2H])c([2H])c2c(c1[2H])c1c([2H])c([2H])c([2H])c([2H])c1n2-c1ccc2c(c1)N(c1cc(-c3ccccc3)cc(-c3ccccc3)c1)c1cc(-n3c4c([2H])c([2H])c([2H])c([2H])c4c4c([2H])c([2H])c([2H])c([2H])c43)cc3c1B2c1ccc(-n2c4c([2H])c([2H])c([2H])c([2H])c4c4c([2H])c([2H])c([2H])c([2H])c42)cc1N3c1ccc(C#N)c(-n2c3ccccc3c3ccccc32)c1. The zero-order chi connectivity index (χ0) is 85.9. The van der Waals surface area contributed by atoms with E-state index in [9.17, 15) is 32.7 Å². The molecule has 0 aliphatic carbocycles. The highest BCUT2D eigenvalue weighted by atomic mass is 15.2. The number of aromatic nitrogens is 4. The molecule has 6 heterocycles. The molecule has 8 heteroatoms. The predicted octanol–water partition coefficient (Wildman–Crippen LogP) is 21.4. The average molecular weight is 1280 g/mol. The lowest BCUT2D eigenvalue weighted by Gasteiger charge is -2.45. The number of nitriles is 1. The summed E-state index contributed by atoms with van der Waals surface area (Å²) in [4.78, 5) is 3.84. The molecule has 0 spiro atoms. The van der Waals surface area contributed by atoms with Crippen molar-refractivity contribution in [1.82, 2.24) is 18.3 Å². The van der Waals surface area contributed by atoms with Gasteiger partial charge in [-0.25, -0.2) is 0 Å². The third kappa shape index (κ3) is 8.07. The zero-order valence-corrected chi connectivity index (χ0v) is 51.7. The lowest BCUT2D eigenvalue weighted by Crippen LogP contribution is -2.61. The Morgan fingerprint density at radius 2 is 0.616 bits per heavy atom. The third-order valence-electron chi connectivity index (χ3n) is 19.5. The van der Waals surface area contributed by atoms with Crippen molar-refractivity contribution in [2.45, 2.75) is 0 Å². The number of anilines is 6. The molecule has 4 aromatic heterocycles. The number of hydrogen-bond donors (Lipinski definition) is 0. The van der Waals surface area contributed by atoms with Gasteiger partial charge in [0.2, 0.25) is 0 Å². The lowest BCUT2D eigenvalue weighted by atomic mass is 9.33.